The summed E-state index contributed by atoms with van der Waals surface area (Å²) in [4.78, 5) is 164. The number of carbonyl (C=O) groups excluding carboxylic acids is 14. The standard InChI is InChI=1S/C12H21NO.2C11H18FNO.C11H19NO2.C9H17NO.C8H14O2.C8H12O.C7H11BrO.C7H11ClO.C7H9F3O.2C7H11FO.C7H12O2.C7H12O/c1-11(2)12(14)7-6-10-13-8-4-3-5-9-13;2*1-9(2)11(14)4-3-6-13-7-5-10(12)8-13;1-10(2)11(13)4-3-5-12-6-8-14-9-7-12;1-8(2)9(11)6-5-7-10(3)4;1-7(2)8(9)5-4-6-10-3;1-6(2)8(9)7-4-3-5-7;2*1-6(2)7(9)4-3-5-8;1-5(2)6(11)3-4-7(8,9)10;1-5(8)6(9)7(2,3)4;2*1-6(2)7(9)4-3-5-8;1-5-6(8)7(2,3)4/h6-7,11H,3-5,8-10H2,1-2H3;2*3-4,9-10H,5-8H2,1-2H3;3-4,10H,5-9H2,1-2H3;5-6,8H,7H2,1-4H3;4-5,7H,6H2,1-3H3;4,6H,3,5H2,1-2H3;2*3-4,6H,5H2,1-2H3;3-5H,1-2H3;1H2,2-4H3;3-4,6H,5H2,1-2H3;3-4,6,8H,5H2,1-2H3;5H,1H2,2-4H3/b7-6+;3*4-3+;6-5+;5-4+;;3*4-3+;;2*4-3+;/t;2*10-;;;;;;;;;;;/m.10.........../s1. The minimum absolute atomic E-state index is 0.0206. The highest BCUT2D eigenvalue weighted by Crippen LogP contribution is 2.23. The van der Waals surface area contributed by atoms with Crippen molar-refractivity contribution in [3.05, 3.63) is 170 Å². The third-order valence-corrected chi connectivity index (χ3v) is 21.1. The first kappa shape index (κ1) is 159. The number of methoxy groups -OCH3 is 1. The van der Waals surface area contributed by atoms with Gasteiger partial charge in [-0.1, -0.05) is 310 Å². The van der Waals surface area contributed by atoms with Crippen LogP contribution in [0.25, 0.3) is 0 Å². The summed E-state index contributed by atoms with van der Waals surface area (Å²) >= 11 is 8.50. The number of likely N-dealkylation sites (N-methyl/N-ethyl adjacent to an activating group) is 1. The van der Waals surface area contributed by atoms with Gasteiger partial charge in [-0.05, 0) is 144 Å². The van der Waals surface area contributed by atoms with Crippen molar-refractivity contribution in [1.29, 1.82) is 0 Å². The van der Waals surface area contributed by atoms with Crippen molar-refractivity contribution in [1.82, 2.24) is 24.5 Å². The SMILES string of the molecule is C=C(F)C(=O)C(C)(C)C.C=CC(=O)C(C)(C)C.CC(C)C(=O)/C=C/C(F)(F)F.CC(C)C(=O)/C=C/CBr.CC(C)C(=O)/C=C/CCl.CC(C)C(=O)/C=C/CF.CC(C)C(=O)/C=C/CN(C)C.CC(C)C(=O)/C=C/CN1CCCCC1.CC(C)C(=O)/C=C/CN1CCOCC1.CC(C)C(=O)/C=C/CN1CC[C@@H](F)C1.CC(C)C(=O)/C=C/CN1CC[C@H](F)C1.CC(C)C(=O)/C=C/CO.CC(C)C(=O)C1=CCC1.COC/C=C/C(=O)C(C)C. The minimum Gasteiger partial charge on any atom is -0.392 e. The van der Waals surface area contributed by atoms with Gasteiger partial charge in [0.05, 0.1) is 26.4 Å². The third-order valence-electron chi connectivity index (χ3n) is 20.6. The molecule has 0 unspecified atom stereocenters. The summed E-state index contributed by atoms with van der Waals surface area (Å²) in [6, 6.07) is 0. The van der Waals surface area contributed by atoms with E-state index in [0.717, 1.165) is 82.8 Å². The van der Waals surface area contributed by atoms with E-state index in [1.165, 1.54) is 68.8 Å². The number of aliphatic hydroxyl groups excluding tert-OH is 1. The van der Waals surface area contributed by atoms with E-state index in [9.17, 15) is 97.9 Å². The number of piperidine rings is 1. The maximum Gasteiger partial charge on any atom is 0.409 e. The predicted octanol–water partition coefficient (Wildman–Crippen LogP) is 24.5. The number of carbonyl (C=O) groups is 14. The number of alkyl halides is 8. The van der Waals surface area contributed by atoms with E-state index < -0.39 is 48.0 Å². The van der Waals surface area contributed by atoms with Crippen LogP contribution in [0, 0.1) is 81.8 Å². The smallest absolute Gasteiger partial charge is 0.392 e. The van der Waals surface area contributed by atoms with E-state index in [0.29, 0.717) is 63.4 Å². The number of Topliss-reactive ketones (excluding diaryl/α,β-unsaturated/α-hetero) is 2. The fraction of sp³-hybridized carbons (Fsp3) is 0.647. The summed E-state index contributed by atoms with van der Waals surface area (Å²) in [5.74, 6) is 0.982. The van der Waals surface area contributed by atoms with Crippen molar-refractivity contribution in [3.63, 3.8) is 0 Å². The molecule has 31 heteroatoms. The quantitative estimate of drug-likeness (QED) is 0.0337. The fourth-order valence-electron chi connectivity index (χ4n) is 10.3. The molecule has 4 saturated heterocycles. The molecule has 1 aliphatic carbocycles. The van der Waals surface area contributed by atoms with E-state index in [1.54, 1.807) is 110 Å². The zero-order valence-electron chi connectivity index (χ0n) is 97.6. The lowest BCUT2D eigenvalue weighted by Gasteiger charge is -2.25. The molecule has 0 spiro atoms. The van der Waals surface area contributed by atoms with Gasteiger partial charge < -0.3 is 19.5 Å². The number of nitrogens with zero attached hydrogens (tertiary/aromatic N) is 5. The lowest BCUT2D eigenvalue weighted by molar-refractivity contribution is -0.124. The van der Waals surface area contributed by atoms with Crippen molar-refractivity contribution in [2.75, 3.05) is 151 Å². The Morgan fingerprint density at radius 2 is 0.747 bits per heavy atom. The molecule has 4 aliphatic heterocycles. The third kappa shape index (κ3) is 107. The van der Waals surface area contributed by atoms with Crippen LogP contribution in [0.5, 0.6) is 0 Å². The van der Waals surface area contributed by atoms with Gasteiger partial charge in [0.25, 0.3) is 0 Å². The highest BCUT2D eigenvalue weighted by Gasteiger charge is 2.26. The maximum atomic E-state index is 12.8. The fourth-order valence-corrected chi connectivity index (χ4v) is 10.6. The lowest BCUT2D eigenvalue weighted by atomic mass is 9.90. The second kappa shape index (κ2) is 97.6. The second-order valence-corrected chi connectivity index (χ2v) is 42.5. The lowest BCUT2D eigenvalue weighted by Crippen LogP contribution is -2.36. The van der Waals surface area contributed by atoms with Crippen LogP contribution in [0.1, 0.15) is 253 Å². The van der Waals surface area contributed by atoms with Gasteiger partial charge in [0.15, 0.2) is 86.8 Å². The monoisotopic (exact) mass is 2210 g/mol. The Bertz CT molecular complexity index is 3880. The van der Waals surface area contributed by atoms with Gasteiger partial charge in [-0.3, -0.25) is 86.7 Å². The number of morpholine rings is 1. The number of likely N-dealkylation sites (tertiary alicyclic amines) is 3. The molecule has 4 heterocycles. The first-order chi connectivity index (χ1) is 69.4. The zero-order chi connectivity index (χ0) is 118. The number of aliphatic hydroxyl groups is 1. The topological polar surface area (TPSA) is 294 Å². The highest BCUT2D eigenvalue weighted by atomic mass is 79.9. The molecule has 1 N–H and O–H groups in total. The number of hydrogen-bond donors (Lipinski definition) is 1. The molecule has 150 heavy (non-hydrogen) atoms. The first-order valence-corrected chi connectivity index (χ1v) is 53.9. The summed E-state index contributed by atoms with van der Waals surface area (Å²) in [6.07, 6.45) is 38.6. The number of halogens is 9. The van der Waals surface area contributed by atoms with Crippen molar-refractivity contribution >= 4 is 108 Å². The summed E-state index contributed by atoms with van der Waals surface area (Å²) in [7, 11) is 5.55. The molecule has 0 radical (unpaired) electrons. The highest BCUT2D eigenvalue weighted by molar-refractivity contribution is 9.09. The van der Waals surface area contributed by atoms with Crippen LogP contribution >= 0.6 is 27.5 Å². The molecule has 4 fully saturated rings. The summed E-state index contributed by atoms with van der Waals surface area (Å²) < 4.78 is 93.2. The molecule has 0 bridgehead atoms. The number of allylic oxidation sites excluding steroid dienone is 19. The molecule has 5 aliphatic rings. The molecular weight excluding hydrogens is 2020 g/mol. The summed E-state index contributed by atoms with van der Waals surface area (Å²) in [5, 5.41) is 9.01. The van der Waals surface area contributed by atoms with Gasteiger partial charge in [-0.15, -0.1) is 11.6 Å². The van der Waals surface area contributed by atoms with Crippen LogP contribution in [-0.4, -0.2) is 280 Å². The van der Waals surface area contributed by atoms with Crippen molar-refractivity contribution in [3.8, 4) is 0 Å². The normalized spacial score (nSPS) is 15.6. The predicted molar refractivity (Wildman–Crippen MR) is 609 cm³/mol. The summed E-state index contributed by atoms with van der Waals surface area (Å²) in [6.45, 7) is 73.8. The summed E-state index contributed by atoms with van der Waals surface area (Å²) in [5.41, 5.74) is 0.165. The molecule has 2 atom stereocenters. The van der Waals surface area contributed by atoms with Gasteiger partial charge in [0.2, 0.25) is 0 Å². The molecule has 0 saturated carbocycles. The Hall–Kier alpha value is -8.30. The van der Waals surface area contributed by atoms with Gasteiger partial charge in [0.1, 0.15) is 19.0 Å². The molecule has 862 valence electrons. The Morgan fingerprint density at radius 3 is 0.973 bits per heavy atom. The van der Waals surface area contributed by atoms with Gasteiger partial charge in [-0.2, -0.15) is 13.2 Å². The van der Waals surface area contributed by atoms with E-state index >= 15 is 0 Å². The Balaban J connectivity index is -0.000000205. The van der Waals surface area contributed by atoms with E-state index in [4.69, 9.17) is 26.2 Å². The zero-order valence-corrected chi connectivity index (χ0v) is 99.9. The number of ketones is 14. The second-order valence-electron chi connectivity index (χ2n) is 41.5. The first-order valence-electron chi connectivity index (χ1n) is 52.2. The van der Waals surface area contributed by atoms with Crippen LogP contribution in [0.2, 0.25) is 0 Å². The Labute approximate surface area is 914 Å². The number of rotatable bonds is 42. The van der Waals surface area contributed by atoms with Crippen molar-refractivity contribution < 1.29 is 112 Å². The Morgan fingerprint density at radius 1 is 0.447 bits per heavy atom. The van der Waals surface area contributed by atoms with Crippen LogP contribution < -0.4 is 0 Å². The number of ether oxygens (including phenoxy) is 2. The molecule has 5 rings (SSSR count). The van der Waals surface area contributed by atoms with Crippen molar-refractivity contribution in [2.45, 2.75) is 271 Å². The Kier molecular flexibility index (Phi) is 104. The molecule has 0 aromatic heterocycles. The van der Waals surface area contributed by atoms with E-state index in [-0.39, 0.29) is 153 Å². The average molecular weight is 2220 g/mol. The largest absolute Gasteiger partial charge is 0.409 e. The van der Waals surface area contributed by atoms with E-state index in [1.807, 2.05) is 231 Å². The van der Waals surface area contributed by atoms with Gasteiger partial charge in [-0.25, -0.2) is 17.6 Å². The molecule has 22 nitrogen and oxygen atoms in total. The molecule has 0 amide bonds. The van der Waals surface area contributed by atoms with Gasteiger partial charge >= 0.3 is 6.18 Å². The van der Waals surface area contributed by atoms with Crippen molar-refractivity contribution in [2.24, 2.45) is 81.8 Å². The van der Waals surface area contributed by atoms with E-state index in [2.05, 4.69) is 38.9 Å². The molecule has 0 aromatic rings. The molecule has 0 aromatic carbocycles. The number of hydrogen-bond acceptors (Lipinski definition) is 22. The maximum absolute atomic E-state index is 12.8. The molecular formula is C119H196BrClF7N5O17. The minimum atomic E-state index is -4.38. The van der Waals surface area contributed by atoms with Crippen LogP contribution in [-0.2, 0) is 76.6 Å². The van der Waals surface area contributed by atoms with Crippen LogP contribution in [0.3, 0.4) is 0 Å². The average Bonchev–Trinajstić information content (AvgIpc) is 1.35. The van der Waals surface area contributed by atoms with Crippen LogP contribution in [0.4, 0.5) is 30.7 Å². The van der Waals surface area contributed by atoms with Gasteiger partial charge in [0, 0.05) is 178 Å². The van der Waals surface area contributed by atoms with Crippen LogP contribution in [0.15, 0.2) is 170 Å².